The molecule has 0 aliphatic rings. The van der Waals surface area contributed by atoms with E-state index in [-0.39, 0.29) is 0 Å². The molecule has 2 heterocycles. The van der Waals surface area contributed by atoms with Crippen molar-refractivity contribution in [2.75, 3.05) is 0 Å². The van der Waals surface area contributed by atoms with Crippen molar-refractivity contribution in [3.8, 4) is 0 Å². The second kappa shape index (κ2) is 3.56. The van der Waals surface area contributed by atoms with Gasteiger partial charge in [0, 0.05) is 21.7 Å². The number of hydrogen-bond acceptors (Lipinski definition) is 2. The van der Waals surface area contributed by atoms with E-state index in [4.69, 9.17) is 0 Å². The van der Waals surface area contributed by atoms with Crippen molar-refractivity contribution in [2.24, 2.45) is 0 Å². The summed E-state index contributed by atoms with van der Waals surface area (Å²) < 4.78 is 1.39. The van der Waals surface area contributed by atoms with Crippen LogP contribution in [0.4, 0.5) is 0 Å². The lowest BCUT2D eigenvalue weighted by atomic mass is 10.0. The second-order valence-corrected chi connectivity index (χ2v) is 5.34. The van der Waals surface area contributed by atoms with Crippen molar-refractivity contribution < 1.29 is 0 Å². The van der Waals surface area contributed by atoms with Gasteiger partial charge in [-0.05, 0) is 23.6 Å². The van der Waals surface area contributed by atoms with Crippen LogP contribution in [0.3, 0.4) is 0 Å². The highest BCUT2D eigenvalue weighted by molar-refractivity contribution is 7.25. The van der Waals surface area contributed by atoms with Gasteiger partial charge in [0.1, 0.15) is 4.83 Å². The Balaban J connectivity index is 2.49. The molecule has 0 aliphatic heterocycles. The number of pyridine rings is 1. The molecule has 16 heavy (non-hydrogen) atoms. The molecule has 2 aromatic heterocycles. The van der Waals surface area contributed by atoms with Crippen LogP contribution >= 0.6 is 11.3 Å². The molecule has 0 radical (unpaired) electrons. The van der Waals surface area contributed by atoms with Gasteiger partial charge < -0.3 is 0 Å². The molecule has 0 N–H and O–H groups in total. The number of aromatic nitrogens is 1. The van der Waals surface area contributed by atoms with Gasteiger partial charge in [-0.1, -0.05) is 32.0 Å². The fraction of sp³-hybridized carbons (Fsp3) is 0.214. The lowest BCUT2D eigenvalue weighted by Crippen LogP contribution is -1.85. The third-order valence-corrected chi connectivity index (χ3v) is 4.11. The fourth-order valence-corrected chi connectivity index (χ4v) is 3.41. The van der Waals surface area contributed by atoms with Crippen LogP contribution in [-0.2, 0) is 0 Å². The van der Waals surface area contributed by atoms with Crippen LogP contribution in [0.25, 0.3) is 20.3 Å². The van der Waals surface area contributed by atoms with E-state index < -0.39 is 0 Å². The fourth-order valence-electron chi connectivity index (χ4n) is 2.11. The number of fused-ring (bicyclic) bond motifs is 3. The van der Waals surface area contributed by atoms with Gasteiger partial charge in [0.15, 0.2) is 0 Å². The highest BCUT2D eigenvalue weighted by atomic mass is 32.1. The second-order valence-electron chi connectivity index (χ2n) is 4.34. The molecule has 80 valence electrons. The highest BCUT2D eigenvalue weighted by Crippen LogP contribution is 2.36. The molecule has 0 fully saturated rings. The average molecular weight is 227 g/mol. The summed E-state index contributed by atoms with van der Waals surface area (Å²) in [6.45, 7) is 4.49. The Bertz CT molecular complexity index is 652. The first-order valence-corrected chi connectivity index (χ1v) is 6.35. The molecule has 0 aliphatic carbocycles. The number of rotatable bonds is 1. The van der Waals surface area contributed by atoms with Crippen LogP contribution < -0.4 is 0 Å². The molecule has 2 heteroatoms. The van der Waals surface area contributed by atoms with Gasteiger partial charge in [-0.2, -0.15) is 0 Å². The Labute approximate surface area is 98.7 Å². The predicted octanol–water partition coefficient (Wildman–Crippen LogP) is 4.57. The summed E-state index contributed by atoms with van der Waals surface area (Å²) in [4.78, 5) is 5.58. The van der Waals surface area contributed by atoms with Crippen LogP contribution in [0.1, 0.15) is 25.3 Å². The minimum atomic E-state index is 0.566. The van der Waals surface area contributed by atoms with Gasteiger partial charge in [0.2, 0.25) is 0 Å². The molecule has 3 rings (SSSR count). The highest BCUT2D eigenvalue weighted by Gasteiger charge is 2.10. The average Bonchev–Trinajstić information content (AvgIpc) is 2.67. The van der Waals surface area contributed by atoms with Crippen LogP contribution in [-0.4, -0.2) is 4.98 Å². The summed E-state index contributed by atoms with van der Waals surface area (Å²) in [5.41, 5.74) is 1.43. The van der Waals surface area contributed by atoms with E-state index in [0.29, 0.717) is 5.92 Å². The minimum Gasteiger partial charge on any atom is -0.245 e. The van der Waals surface area contributed by atoms with E-state index in [9.17, 15) is 0 Å². The Morgan fingerprint density at radius 3 is 2.69 bits per heavy atom. The van der Waals surface area contributed by atoms with Crippen LogP contribution in [0, 0.1) is 0 Å². The van der Waals surface area contributed by atoms with Crippen molar-refractivity contribution in [3.05, 3.63) is 42.1 Å². The van der Waals surface area contributed by atoms with Gasteiger partial charge in [-0.3, -0.25) is 0 Å². The smallest absolute Gasteiger partial charge is 0.124 e. The van der Waals surface area contributed by atoms with E-state index >= 15 is 0 Å². The molecular weight excluding hydrogens is 214 g/mol. The van der Waals surface area contributed by atoms with Gasteiger partial charge in [-0.15, -0.1) is 11.3 Å². The first kappa shape index (κ1) is 9.79. The topological polar surface area (TPSA) is 12.9 Å². The van der Waals surface area contributed by atoms with Crippen molar-refractivity contribution in [1.29, 1.82) is 0 Å². The molecule has 3 aromatic rings. The normalized spacial score (nSPS) is 11.7. The number of nitrogens with zero attached hydrogens (tertiary/aromatic N) is 1. The largest absolute Gasteiger partial charge is 0.245 e. The molecule has 0 saturated carbocycles. The zero-order valence-corrected chi connectivity index (χ0v) is 10.2. The Morgan fingerprint density at radius 1 is 1.06 bits per heavy atom. The summed E-state index contributed by atoms with van der Waals surface area (Å²) in [5.74, 6) is 0.566. The quantitative estimate of drug-likeness (QED) is 0.593. The van der Waals surface area contributed by atoms with Crippen molar-refractivity contribution >= 4 is 31.6 Å². The van der Waals surface area contributed by atoms with Crippen LogP contribution in [0.5, 0.6) is 0 Å². The summed E-state index contributed by atoms with van der Waals surface area (Å²) in [5, 5.41) is 2.63. The zero-order valence-electron chi connectivity index (χ0n) is 9.40. The minimum absolute atomic E-state index is 0.566. The van der Waals surface area contributed by atoms with Gasteiger partial charge >= 0.3 is 0 Å². The van der Waals surface area contributed by atoms with Gasteiger partial charge in [0.25, 0.3) is 0 Å². The van der Waals surface area contributed by atoms with E-state index in [1.54, 1.807) is 11.3 Å². The molecule has 1 nitrogen and oxygen atoms in total. The Hall–Kier alpha value is -1.41. The SMILES string of the molecule is CC(C)c1cccc2c1sc1ncccc12. The monoisotopic (exact) mass is 227 g/mol. The molecule has 0 spiro atoms. The molecular formula is C14H13NS. The van der Waals surface area contributed by atoms with E-state index in [2.05, 4.69) is 43.1 Å². The lowest BCUT2D eigenvalue weighted by Gasteiger charge is -2.05. The van der Waals surface area contributed by atoms with Crippen molar-refractivity contribution in [2.45, 2.75) is 19.8 Å². The third-order valence-electron chi connectivity index (χ3n) is 2.93. The molecule has 0 unspecified atom stereocenters. The third kappa shape index (κ3) is 1.34. The summed E-state index contributed by atoms with van der Waals surface area (Å²) in [7, 11) is 0. The van der Waals surface area contributed by atoms with E-state index in [0.717, 1.165) is 4.83 Å². The van der Waals surface area contributed by atoms with Gasteiger partial charge in [0.05, 0.1) is 0 Å². The molecule has 0 saturated heterocycles. The van der Waals surface area contributed by atoms with E-state index in [1.165, 1.54) is 21.0 Å². The molecule has 0 atom stereocenters. The Morgan fingerprint density at radius 2 is 1.88 bits per heavy atom. The number of hydrogen-bond donors (Lipinski definition) is 0. The first-order valence-electron chi connectivity index (χ1n) is 5.53. The summed E-state index contributed by atoms with van der Waals surface area (Å²) >= 11 is 1.81. The first-order chi connectivity index (χ1) is 7.77. The maximum Gasteiger partial charge on any atom is 0.124 e. The Kier molecular flexibility index (Phi) is 2.18. The number of benzene rings is 1. The molecule has 0 bridgehead atoms. The van der Waals surface area contributed by atoms with Gasteiger partial charge in [-0.25, -0.2) is 4.98 Å². The number of thiophene rings is 1. The van der Waals surface area contributed by atoms with Crippen LogP contribution in [0.2, 0.25) is 0 Å². The van der Waals surface area contributed by atoms with E-state index in [1.807, 2.05) is 12.3 Å². The maximum atomic E-state index is 4.44. The zero-order chi connectivity index (χ0) is 11.1. The molecule has 1 aromatic carbocycles. The maximum absolute atomic E-state index is 4.44. The van der Waals surface area contributed by atoms with Crippen LogP contribution in [0.15, 0.2) is 36.5 Å². The lowest BCUT2D eigenvalue weighted by molar-refractivity contribution is 0.878. The predicted molar refractivity (Wildman–Crippen MR) is 71.2 cm³/mol. The molecule has 0 amide bonds. The van der Waals surface area contributed by atoms with Crippen molar-refractivity contribution in [3.63, 3.8) is 0 Å². The van der Waals surface area contributed by atoms with Crippen molar-refractivity contribution in [1.82, 2.24) is 4.98 Å². The summed E-state index contributed by atoms with van der Waals surface area (Å²) in [6.07, 6.45) is 1.87. The summed E-state index contributed by atoms with van der Waals surface area (Å²) in [6, 6.07) is 10.7. The standard InChI is InChI=1S/C14H13NS/c1-9(2)10-5-3-6-11-12-7-4-8-15-14(12)16-13(10)11/h3-9H,1-2H3.